The summed E-state index contributed by atoms with van der Waals surface area (Å²) >= 11 is 0. The Labute approximate surface area is 148 Å². The summed E-state index contributed by atoms with van der Waals surface area (Å²) in [6, 6.07) is 11.4. The van der Waals surface area contributed by atoms with Gasteiger partial charge in [0.05, 0.1) is 12.7 Å². The molecule has 7 heteroatoms. The van der Waals surface area contributed by atoms with Gasteiger partial charge < -0.3 is 19.2 Å². The van der Waals surface area contributed by atoms with E-state index in [2.05, 4.69) is 10.1 Å². The van der Waals surface area contributed by atoms with Crippen LogP contribution >= 0.6 is 0 Å². The smallest absolute Gasteiger partial charge is 0.387 e. The second kappa shape index (κ2) is 7.43. The van der Waals surface area contributed by atoms with Gasteiger partial charge in [0.25, 0.3) is 5.91 Å². The number of hydrogen-bond acceptors (Lipinski definition) is 4. The number of nitrogens with one attached hydrogen (secondary N) is 1. The summed E-state index contributed by atoms with van der Waals surface area (Å²) < 4.78 is 39.8. The Kier molecular flexibility index (Phi) is 5.06. The van der Waals surface area contributed by atoms with Crippen molar-refractivity contribution in [2.24, 2.45) is 0 Å². The van der Waals surface area contributed by atoms with Crippen molar-refractivity contribution in [2.75, 3.05) is 7.11 Å². The lowest BCUT2D eigenvalue weighted by molar-refractivity contribution is -0.0498. The summed E-state index contributed by atoms with van der Waals surface area (Å²) in [4.78, 5) is 12.6. The highest BCUT2D eigenvalue weighted by Crippen LogP contribution is 2.29. The van der Waals surface area contributed by atoms with E-state index in [1.54, 1.807) is 44.4 Å². The number of fused-ring (bicyclic) bond motifs is 1. The maximum atomic E-state index is 12.6. The average molecular weight is 361 g/mol. The van der Waals surface area contributed by atoms with E-state index in [-0.39, 0.29) is 18.2 Å². The van der Waals surface area contributed by atoms with Crippen molar-refractivity contribution in [2.45, 2.75) is 20.1 Å². The minimum absolute atomic E-state index is 0.0430. The fourth-order valence-corrected chi connectivity index (χ4v) is 2.71. The Balaban J connectivity index is 1.78. The average Bonchev–Trinajstić information content (AvgIpc) is 2.94. The lowest BCUT2D eigenvalue weighted by Gasteiger charge is -2.08. The van der Waals surface area contributed by atoms with E-state index >= 15 is 0 Å². The zero-order chi connectivity index (χ0) is 18.7. The molecule has 0 fully saturated rings. The van der Waals surface area contributed by atoms with Gasteiger partial charge in [-0.15, -0.1) is 0 Å². The van der Waals surface area contributed by atoms with Crippen LogP contribution in [0.25, 0.3) is 11.0 Å². The van der Waals surface area contributed by atoms with Crippen LogP contribution < -0.4 is 14.8 Å². The molecule has 2 aromatic carbocycles. The van der Waals surface area contributed by atoms with Gasteiger partial charge in [-0.05, 0) is 42.8 Å². The van der Waals surface area contributed by atoms with Crippen LogP contribution in [0.4, 0.5) is 8.78 Å². The fourth-order valence-electron chi connectivity index (χ4n) is 2.71. The van der Waals surface area contributed by atoms with Gasteiger partial charge in [-0.25, -0.2) is 0 Å². The van der Waals surface area contributed by atoms with Gasteiger partial charge >= 0.3 is 6.61 Å². The van der Waals surface area contributed by atoms with E-state index in [1.807, 2.05) is 0 Å². The van der Waals surface area contributed by atoms with Crippen LogP contribution in [-0.2, 0) is 6.54 Å². The second-order valence-corrected chi connectivity index (χ2v) is 5.60. The largest absolute Gasteiger partial charge is 0.497 e. The molecule has 0 aliphatic rings. The quantitative estimate of drug-likeness (QED) is 0.712. The second-order valence-electron chi connectivity index (χ2n) is 5.60. The highest BCUT2D eigenvalue weighted by Gasteiger charge is 2.18. The van der Waals surface area contributed by atoms with E-state index in [9.17, 15) is 13.6 Å². The Morgan fingerprint density at radius 3 is 2.73 bits per heavy atom. The van der Waals surface area contributed by atoms with Crippen molar-refractivity contribution in [1.29, 1.82) is 0 Å². The summed E-state index contributed by atoms with van der Waals surface area (Å²) in [5.74, 6) is 0.820. The lowest BCUT2D eigenvalue weighted by atomic mass is 10.1. The number of furan rings is 1. The fraction of sp³-hybridized carbons (Fsp3) is 0.211. The molecular weight excluding hydrogens is 344 g/mol. The SMILES string of the molecule is COc1ccc2oc(C)c(C(=O)NCc3cccc(OC(F)F)c3)c2c1. The molecule has 0 saturated heterocycles. The minimum atomic E-state index is -2.89. The molecule has 0 saturated carbocycles. The van der Waals surface area contributed by atoms with E-state index in [0.29, 0.717) is 33.6 Å². The van der Waals surface area contributed by atoms with Crippen LogP contribution in [0, 0.1) is 6.92 Å². The van der Waals surface area contributed by atoms with Crippen molar-refractivity contribution in [3.05, 3.63) is 59.4 Å². The summed E-state index contributed by atoms with van der Waals surface area (Å²) in [5.41, 5.74) is 1.64. The molecular formula is C19H17F2NO4. The van der Waals surface area contributed by atoms with Crippen molar-refractivity contribution in [3.8, 4) is 11.5 Å². The van der Waals surface area contributed by atoms with Crippen LogP contribution in [-0.4, -0.2) is 19.6 Å². The van der Waals surface area contributed by atoms with Gasteiger partial charge in [0.1, 0.15) is 22.8 Å². The molecule has 0 spiro atoms. The van der Waals surface area contributed by atoms with E-state index in [1.165, 1.54) is 12.1 Å². The number of carbonyl (C=O) groups is 1. The maximum Gasteiger partial charge on any atom is 0.387 e. The third-order valence-electron chi connectivity index (χ3n) is 3.87. The summed E-state index contributed by atoms with van der Waals surface area (Å²) in [6.45, 7) is -1.02. The van der Waals surface area contributed by atoms with E-state index < -0.39 is 6.61 Å². The highest BCUT2D eigenvalue weighted by molar-refractivity contribution is 6.07. The Morgan fingerprint density at radius 2 is 2.00 bits per heavy atom. The van der Waals surface area contributed by atoms with Gasteiger partial charge in [0.2, 0.25) is 0 Å². The Morgan fingerprint density at radius 1 is 1.19 bits per heavy atom. The van der Waals surface area contributed by atoms with Gasteiger partial charge in [0, 0.05) is 11.9 Å². The molecule has 136 valence electrons. The third-order valence-corrected chi connectivity index (χ3v) is 3.87. The third kappa shape index (κ3) is 3.77. The van der Waals surface area contributed by atoms with Gasteiger partial charge in [-0.2, -0.15) is 8.78 Å². The molecule has 3 rings (SSSR count). The van der Waals surface area contributed by atoms with Crippen molar-refractivity contribution >= 4 is 16.9 Å². The van der Waals surface area contributed by atoms with Gasteiger partial charge in [0.15, 0.2) is 0 Å². The van der Waals surface area contributed by atoms with E-state index in [4.69, 9.17) is 9.15 Å². The lowest BCUT2D eigenvalue weighted by Crippen LogP contribution is -2.23. The molecule has 1 amide bonds. The van der Waals surface area contributed by atoms with Gasteiger partial charge in [-0.3, -0.25) is 4.79 Å². The van der Waals surface area contributed by atoms with E-state index in [0.717, 1.165) is 0 Å². The molecule has 5 nitrogen and oxygen atoms in total. The molecule has 0 unspecified atom stereocenters. The van der Waals surface area contributed by atoms with Crippen LogP contribution in [0.3, 0.4) is 0 Å². The molecule has 26 heavy (non-hydrogen) atoms. The zero-order valence-electron chi connectivity index (χ0n) is 14.2. The number of aryl methyl sites for hydroxylation is 1. The molecule has 1 aromatic heterocycles. The molecule has 1 N–H and O–H groups in total. The number of amides is 1. The number of carbonyl (C=O) groups excluding carboxylic acids is 1. The van der Waals surface area contributed by atoms with Crippen molar-refractivity contribution in [3.63, 3.8) is 0 Å². The first-order chi connectivity index (χ1) is 12.5. The maximum absolute atomic E-state index is 12.6. The molecule has 0 radical (unpaired) electrons. The number of halogens is 2. The molecule has 1 heterocycles. The monoisotopic (exact) mass is 361 g/mol. The highest BCUT2D eigenvalue weighted by atomic mass is 19.3. The minimum Gasteiger partial charge on any atom is -0.497 e. The molecule has 0 bridgehead atoms. The van der Waals surface area contributed by atoms with Gasteiger partial charge in [-0.1, -0.05) is 12.1 Å². The number of hydrogen-bond donors (Lipinski definition) is 1. The van der Waals surface area contributed by atoms with Crippen LogP contribution in [0.15, 0.2) is 46.9 Å². The number of benzene rings is 2. The van der Waals surface area contributed by atoms with Crippen LogP contribution in [0.2, 0.25) is 0 Å². The predicted molar refractivity (Wildman–Crippen MR) is 91.7 cm³/mol. The molecule has 0 aliphatic carbocycles. The zero-order valence-corrected chi connectivity index (χ0v) is 14.2. The first-order valence-corrected chi connectivity index (χ1v) is 7.87. The molecule has 0 aliphatic heterocycles. The standard InChI is InChI=1S/C19H17F2NO4/c1-11-17(15-9-13(24-2)6-7-16(15)25-11)18(23)22-10-12-4-3-5-14(8-12)26-19(20)21/h3-9,19H,10H2,1-2H3,(H,22,23). The number of methoxy groups -OCH3 is 1. The van der Waals surface area contributed by atoms with Crippen molar-refractivity contribution in [1.82, 2.24) is 5.32 Å². The first kappa shape index (κ1) is 17.7. The normalized spacial score (nSPS) is 11.0. The first-order valence-electron chi connectivity index (χ1n) is 7.87. The topological polar surface area (TPSA) is 60.7 Å². The number of rotatable bonds is 6. The van der Waals surface area contributed by atoms with Crippen LogP contribution in [0.5, 0.6) is 11.5 Å². The predicted octanol–water partition coefficient (Wildman–Crippen LogP) is 4.28. The Bertz CT molecular complexity index is 936. The van der Waals surface area contributed by atoms with Crippen molar-refractivity contribution < 1.29 is 27.5 Å². The Hall–Kier alpha value is -3.09. The number of ether oxygens (including phenoxy) is 2. The molecule has 3 aromatic rings. The number of alkyl halides is 2. The molecule has 0 atom stereocenters. The van der Waals surface area contributed by atoms with Crippen LogP contribution in [0.1, 0.15) is 21.7 Å². The summed E-state index contributed by atoms with van der Waals surface area (Å²) in [6.07, 6.45) is 0. The summed E-state index contributed by atoms with van der Waals surface area (Å²) in [5, 5.41) is 3.42. The summed E-state index contributed by atoms with van der Waals surface area (Å²) in [7, 11) is 1.54.